The van der Waals surface area contributed by atoms with Crippen LogP contribution in [0.5, 0.6) is 5.75 Å². The van der Waals surface area contributed by atoms with E-state index in [1.54, 1.807) is 27.7 Å². The Kier molecular flexibility index (Phi) is 7.10. The van der Waals surface area contributed by atoms with Crippen LogP contribution >= 0.6 is 0 Å². The van der Waals surface area contributed by atoms with Crippen LogP contribution in [0.15, 0.2) is 12.1 Å². The standard InChI is InChI=1S/C16H23FN2O6/c1-10(18-15(20)25-16(2,3)4)8-24-9-11-6-12(17)14(23-5)13(7-11)19(21)22/h6-7,10H,8-9H2,1-5H3,(H,18,20). The number of benzene rings is 1. The Morgan fingerprint density at radius 2 is 2.04 bits per heavy atom. The molecule has 0 bridgehead atoms. The van der Waals surface area contributed by atoms with Crippen LogP contribution in [0.1, 0.15) is 33.3 Å². The highest BCUT2D eigenvalue weighted by Crippen LogP contribution is 2.31. The van der Waals surface area contributed by atoms with Gasteiger partial charge in [-0.15, -0.1) is 0 Å². The van der Waals surface area contributed by atoms with Crippen LogP contribution in [0, 0.1) is 15.9 Å². The quantitative estimate of drug-likeness (QED) is 0.593. The monoisotopic (exact) mass is 358 g/mol. The summed E-state index contributed by atoms with van der Waals surface area (Å²) in [5, 5.41) is 13.6. The number of nitrogens with one attached hydrogen (secondary N) is 1. The second-order valence-corrected chi connectivity index (χ2v) is 6.45. The molecule has 140 valence electrons. The van der Waals surface area contributed by atoms with Crippen molar-refractivity contribution in [1.29, 1.82) is 0 Å². The number of amides is 1. The first-order chi connectivity index (χ1) is 11.5. The van der Waals surface area contributed by atoms with Crippen molar-refractivity contribution in [1.82, 2.24) is 5.32 Å². The van der Waals surface area contributed by atoms with E-state index < -0.39 is 33.9 Å². The van der Waals surface area contributed by atoms with Crippen LogP contribution < -0.4 is 10.1 Å². The van der Waals surface area contributed by atoms with Gasteiger partial charge in [-0.25, -0.2) is 9.18 Å². The summed E-state index contributed by atoms with van der Waals surface area (Å²) >= 11 is 0. The molecule has 1 rings (SSSR count). The molecule has 0 saturated heterocycles. The molecule has 1 N–H and O–H groups in total. The van der Waals surface area contributed by atoms with Gasteiger partial charge < -0.3 is 19.5 Å². The number of halogens is 1. The fraction of sp³-hybridized carbons (Fsp3) is 0.562. The highest BCUT2D eigenvalue weighted by Gasteiger charge is 2.21. The van der Waals surface area contributed by atoms with Gasteiger partial charge in [0.15, 0.2) is 5.82 Å². The molecule has 0 radical (unpaired) electrons. The van der Waals surface area contributed by atoms with E-state index in [0.717, 1.165) is 13.2 Å². The number of ether oxygens (including phenoxy) is 3. The highest BCUT2D eigenvalue weighted by atomic mass is 19.1. The lowest BCUT2D eigenvalue weighted by Gasteiger charge is -2.22. The fourth-order valence-electron chi connectivity index (χ4n) is 1.96. The Morgan fingerprint density at radius 1 is 1.40 bits per heavy atom. The smallest absolute Gasteiger partial charge is 0.407 e. The van der Waals surface area contributed by atoms with E-state index in [2.05, 4.69) is 5.32 Å². The Labute approximate surface area is 145 Å². The van der Waals surface area contributed by atoms with Gasteiger partial charge in [0, 0.05) is 6.07 Å². The summed E-state index contributed by atoms with van der Waals surface area (Å²) in [4.78, 5) is 21.8. The van der Waals surface area contributed by atoms with E-state index >= 15 is 0 Å². The van der Waals surface area contributed by atoms with Crippen molar-refractivity contribution < 1.29 is 28.3 Å². The third-order valence-corrected chi connectivity index (χ3v) is 2.88. The van der Waals surface area contributed by atoms with Crippen molar-refractivity contribution in [3.05, 3.63) is 33.6 Å². The van der Waals surface area contributed by atoms with E-state index in [1.165, 1.54) is 6.07 Å². The van der Waals surface area contributed by atoms with Gasteiger partial charge in [0.1, 0.15) is 5.60 Å². The van der Waals surface area contributed by atoms with Crippen LogP contribution in [-0.4, -0.2) is 36.4 Å². The molecule has 9 heteroatoms. The molecule has 0 aromatic heterocycles. The van der Waals surface area contributed by atoms with Gasteiger partial charge in [-0.3, -0.25) is 10.1 Å². The zero-order valence-corrected chi connectivity index (χ0v) is 14.9. The number of methoxy groups -OCH3 is 1. The maximum atomic E-state index is 13.8. The molecule has 8 nitrogen and oxygen atoms in total. The zero-order chi connectivity index (χ0) is 19.2. The van der Waals surface area contributed by atoms with Crippen molar-refractivity contribution in [2.45, 2.75) is 45.9 Å². The number of carbonyl (C=O) groups excluding carboxylic acids is 1. The first-order valence-corrected chi connectivity index (χ1v) is 7.61. The van der Waals surface area contributed by atoms with Crippen LogP contribution in [0.3, 0.4) is 0 Å². The van der Waals surface area contributed by atoms with E-state index in [0.29, 0.717) is 0 Å². The van der Waals surface area contributed by atoms with E-state index in [1.807, 2.05) is 0 Å². The molecule has 25 heavy (non-hydrogen) atoms. The Hall–Kier alpha value is -2.42. The molecule has 1 amide bonds. The maximum absolute atomic E-state index is 13.8. The molecule has 0 aliphatic rings. The predicted molar refractivity (Wildman–Crippen MR) is 88.1 cm³/mol. The van der Waals surface area contributed by atoms with Gasteiger partial charge in [-0.1, -0.05) is 0 Å². The molecule has 0 spiro atoms. The number of nitrogens with zero attached hydrogens (tertiary/aromatic N) is 1. The van der Waals surface area contributed by atoms with Crippen molar-refractivity contribution in [2.24, 2.45) is 0 Å². The zero-order valence-electron chi connectivity index (χ0n) is 14.9. The molecule has 0 fully saturated rings. The van der Waals surface area contributed by atoms with Gasteiger partial charge in [0.05, 0.1) is 31.3 Å². The van der Waals surface area contributed by atoms with Gasteiger partial charge in [-0.2, -0.15) is 0 Å². The average Bonchev–Trinajstić information content (AvgIpc) is 2.44. The van der Waals surface area contributed by atoms with E-state index in [9.17, 15) is 19.3 Å². The van der Waals surface area contributed by atoms with Crippen molar-refractivity contribution in [3.8, 4) is 5.75 Å². The number of hydrogen-bond donors (Lipinski definition) is 1. The third kappa shape index (κ3) is 6.92. The van der Waals surface area contributed by atoms with Crippen LogP contribution in [0.2, 0.25) is 0 Å². The second-order valence-electron chi connectivity index (χ2n) is 6.45. The van der Waals surface area contributed by atoms with Crippen LogP contribution in [-0.2, 0) is 16.1 Å². The second kappa shape index (κ2) is 8.61. The van der Waals surface area contributed by atoms with Gasteiger partial charge in [0.25, 0.3) is 0 Å². The molecule has 0 aliphatic carbocycles. The average molecular weight is 358 g/mol. The van der Waals surface area contributed by atoms with Crippen molar-refractivity contribution in [3.63, 3.8) is 0 Å². The Bertz CT molecular complexity index is 630. The lowest BCUT2D eigenvalue weighted by molar-refractivity contribution is -0.386. The first-order valence-electron chi connectivity index (χ1n) is 7.61. The molecule has 0 saturated carbocycles. The number of nitro benzene ring substituents is 1. The number of carbonyl (C=O) groups is 1. The molecule has 1 aromatic rings. The molecule has 0 aliphatic heterocycles. The minimum Gasteiger partial charge on any atom is -0.488 e. The van der Waals surface area contributed by atoms with E-state index in [4.69, 9.17) is 14.2 Å². The molecule has 1 atom stereocenters. The summed E-state index contributed by atoms with van der Waals surface area (Å²) in [7, 11) is 1.16. The number of rotatable bonds is 7. The topological polar surface area (TPSA) is 99.9 Å². The summed E-state index contributed by atoms with van der Waals surface area (Å²) in [5.41, 5.74) is -0.792. The fourth-order valence-corrected chi connectivity index (χ4v) is 1.96. The first kappa shape index (κ1) is 20.6. The van der Waals surface area contributed by atoms with Crippen molar-refractivity contribution in [2.75, 3.05) is 13.7 Å². The van der Waals surface area contributed by atoms with Gasteiger partial charge in [-0.05, 0) is 39.3 Å². The molecule has 1 aromatic carbocycles. The molecule has 1 unspecified atom stereocenters. The maximum Gasteiger partial charge on any atom is 0.407 e. The Morgan fingerprint density at radius 3 is 2.56 bits per heavy atom. The van der Waals surface area contributed by atoms with Crippen LogP contribution in [0.4, 0.5) is 14.9 Å². The lowest BCUT2D eigenvalue weighted by Crippen LogP contribution is -2.39. The minimum absolute atomic E-state index is 0.0535. The summed E-state index contributed by atoms with van der Waals surface area (Å²) < 4.78 is 29.0. The number of alkyl carbamates (subject to hydrolysis) is 1. The van der Waals surface area contributed by atoms with Crippen molar-refractivity contribution >= 4 is 11.8 Å². The number of hydrogen-bond acceptors (Lipinski definition) is 6. The summed E-state index contributed by atoms with van der Waals surface area (Å²) in [5.74, 6) is -1.26. The van der Waals surface area contributed by atoms with Crippen LogP contribution in [0.25, 0.3) is 0 Å². The van der Waals surface area contributed by atoms with Gasteiger partial charge >= 0.3 is 11.8 Å². The lowest BCUT2D eigenvalue weighted by atomic mass is 10.2. The third-order valence-electron chi connectivity index (χ3n) is 2.88. The molecule has 0 heterocycles. The normalized spacial score (nSPS) is 12.4. The number of nitro groups is 1. The molecular formula is C16H23FN2O6. The highest BCUT2D eigenvalue weighted by molar-refractivity contribution is 5.68. The molecular weight excluding hydrogens is 335 g/mol. The predicted octanol–water partition coefficient (Wildman–Crippen LogP) is 3.17. The minimum atomic E-state index is -0.838. The summed E-state index contributed by atoms with van der Waals surface area (Å²) in [6, 6.07) is 1.94. The SMILES string of the molecule is COc1c(F)cc(COCC(C)NC(=O)OC(C)(C)C)cc1[N+](=O)[O-]. The van der Waals surface area contributed by atoms with E-state index in [-0.39, 0.29) is 24.8 Å². The summed E-state index contributed by atoms with van der Waals surface area (Å²) in [6.07, 6.45) is -0.574. The Balaban J connectivity index is 2.59. The van der Waals surface area contributed by atoms with Gasteiger partial charge in [0.2, 0.25) is 5.75 Å². The summed E-state index contributed by atoms with van der Waals surface area (Å²) in [6.45, 7) is 7.03. The largest absolute Gasteiger partial charge is 0.488 e.